The quantitative estimate of drug-likeness (QED) is 0.783. The Balaban J connectivity index is 2.51. The number of hydrogen-bond acceptors (Lipinski definition) is 2. The molecule has 1 aromatic carbocycles. The second-order valence-corrected chi connectivity index (χ2v) is 5.24. The maximum absolute atomic E-state index is 12.5. The fraction of sp³-hybridized carbons (Fsp3) is 0.467. The van der Waals surface area contributed by atoms with E-state index in [1.807, 2.05) is 45.0 Å². The molecule has 4 nitrogen and oxygen atoms in total. The number of rotatable bonds is 3. The summed E-state index contributed by atoms with van der Waals surface area (Å²) in [5, 5.41) is 0. The molecule has 1 aliphatic rings. The van der Waals surface area contributed by atoms with Crippen LogP contribution in [0.3, 0.4) is 0 Å². The van der Waals surface area contributed by atoms with Gasteiger partial charge in [0.05, 0.1) is 0 Å². The SMILES string of the molecule is CCCN1C(=O)N(C)C(=O)[C@]1(C)c1ccc(C)cc1. The van der Waals surface area contributed by atoms with Crippen LogP contribution in [-0.4, -0.2) is 35.3 Å². The van der Waals surface area contributed by atoms with E-state index in [4.69, 9.17) is 0 Å². The normalized spacial score (nSPS) is 23.4. The van der Waals surface area contributed by atoms with Gasteiger partial charge in [0.1, 0.15) is 5.54 Å². The van der Waals surface area contributed by atoms with Crippen LogP contribution in [0.1, 0.15) is 31.4 Å². The molecule has 0 aromatic heterocycles. The van der Waals surface area contributed by atoms with Crippen LogP contribution < -0.4 is 0 Å². The summed E-state index contributed by atoms with van der Waals surface area (Å²) in [6.07, 6.45) is 0.828. The lowest BCUT2D eigenvalue weighted by atomic mass is 9.89. The lowest BCUT2D eigenvalue weighted by molar-refractivity contribution is -0.132. The molecule has 1 fully saturated rings. The number of nitrogens with zero attached hydrogens (tertiary/aromatic N) is 2. The summed E-state index contributed by atoms with van der Waals surface area (Å²) in [6, 6.07) is 7.60. The van der Waals surface area contributed by atoms with Gasteiger partial charge in [-0.1, -0.05) is 36.8 Å². The zero-order valence-electron chi connectivity index (χ0n) is 11.9. The summed E-state index contributed by atoms with van der Waals surface area (Å²) in [6.45, 7) is 6.42. The van der Waals surface area contributed by atoms with Gasteiger partial charge in [0, 0.05) is 13.6 Å². The Bertz CT molecular complexity index is 509. The largest absolute Gasteiger partial charge is 0.327 e. The number of carbonyl (C=O) groups is 2. The molecule has 0 bridgehead atoms. The first-order chi connectivity index (χ1) is 8.92. The third-order valence-electron chi connectivity index (χ3n) is 3.84. The van der Waals surface area contributed by atoms with Crippen LogP contribution in [0.4, 0.5) is 4.79 Å². The summed E-state index contributed by atoms with van der Waals surface area (Å²) in [7, 11) is 1.55. The van der Waals surface area contributed by atoms with Crippen LogP contribution in [0, 0.1) is 6.92 Å². The van der Waals surface area contributed by atoms with Crippen LogP contribution in [0.2, 0.25) is 0 Å². The van der Waals surface area contributed by atoms with Crippen LogP contribution in [0.5, 0.6) is 0 Å². The lowest BCUT2D eigenvalue weighted by Gasteiger charge is -2.32. The fourth-order valence-electron chi connectivity index (χ4n) is 2.60. The highest BCUT2D eigenvalue weighted by Crippen LogP contribution is 2.36. The number of aryl methyl sites for hydroxylation is 1. The molecule has 1 saturated heterocycles. The predicted octanol–water partition coefficient (Wildman–Crippen LogP) is 2.51. The van der Waals surface area contributed by atoms with Gasteiger partial charge < -0.3 is 4.90 Å². The van der Waals surface area contributed by atoms with Gasteiger partial charge in [-0.05, 0) is 25.8 Å². The van der Waals surface area contributed by atoms with Crippen LogP contribution in [0.25, 0.3) is 0 Å². The third kappa shape index (κ3) is 1.91. The minimum absolute atomic E-state index is 0.158. The van der Waals surface area contributed by atoms with Crippen molar-refractivity contribution in [3.63, 3.8) is 0 Å². The van der Waals surface area contributed by atoms with E-state index < -0.39 is 5.54 Å². The molecule has 0 saturated carbocycles. The van der Waals surface area contributed by atoms with Gasteiger partial charge >= 0.3 is 6.03 Å². The molecular weight excluding hydrogens is 240 g/mol. The number of amides is 3. The number of urea groups is 1. The molecule has 102 valence electrons. The summed E-state index contributed by atoms with van der Waals surface area (Å²) < 4.78 is 0. The molecule has 2 rings (SSSR count). The van der Waals surface area contributed by atoms with Gasteiger partial charge in [-0.3, -0.25) is 9.69 Å². The minimum atomic E-state index is -0.879. The van der Waals surface area contributed by atoms with E-state index in [0.717, 1.165) is 17.5 Å². The van der Waals surface area contributed by atoms with Crippen LogP contribution in [-0.2, 0) is 10.3 Å². The summed E-state index contributed by atoms with van der Waals surface area (Å²) in [5.41, 5.74) is 1.13. The molecule has 0 unspecified atom stereocenters. The highest BCUT2D eigenvalue weighted by Gasteiger charge is 2.53. The number of likely N-dealkylation sites (N-methyl/N-ethyl adjacent to an activating group) is 1. The second-order valence-electron chi connectivity index (χ2n) is 5.24. The van der Waals surface area contributed by atoms with Crippen molar-refractivity contribution in [2.75, 3.05) is 13.6 Å². The number of carbonyl (C=O) groups excluding carboxylic acids is 2. The molecule has 0 radical (unpaired) electrons. The van der Waals surface area contributed by atoms with Crippen molar-refractivity contribution >= 4 is 11.9 Å². The lowest BCUT2D eigenvalue weighted by Crippen LogP contribution is -2.44. The average Bonchev–Trinajstić information content (AvgIpc) is 2.56. The van der Waals surface area contributed by atoms with Gasteiger partial charge in [-0.15, -0.1) is 0 Å². The Kier molecular flexibility index (Phi) is 3.35. The Labute approximate surface area is 114 Å². The fourth-order valence-corrected chi connectivity index (χ4v) is 2.60. The number of benzene rings is 1. The predicted molar refractivity (Wildman–Crippen MR) is 73.7 cm³/mol. The minimum Gasteiger partial charge on any atom is -0.306 e. The van der Waals surface area contributed by atoms with E-state index in [0.29, 0.717) is 6.54 Å². The van der Waals surface area contributed by atoms with Gasteiger partial charge in [-0.25, -0.2) is 4.79 Å². The molecular formula is C15H20N2O2. The van der Waals surface area contributed by atoms with E-state index in [-0.39, 0.29) is 11.9 Å². The van der Waals surface area contributed by atoms with E-state index in [1.165, 1.54) is 4.90 Å². The molecule has 1 heterocycles. The van der Waals surface area contributed by atoms with Crippen molar-refractivity contribution in [1.29, 1.82) is 0 Å². The topological polar surface area (TPSA) is 40.6 Å². The van der Waals surface area contributed by atoms with E-state index in [9.17, 15) is 9.59 Å². The highest BCUT2D eigenvalue weighted by atomic mass is 16.2. The van der Waals surface area contributed by atoms with Gasteiger partial charge in [0.15, 0.2) is 0 Å². The van der Waals surface area contributed by atoms with Crippen molar-refractivity contribution in [2.45, 2.75) is 32.7 Å². The second kappa shape index (κ2) is 4.68. The molecule has 0 aliphatic carbocycles. The third-order valence-corrected chi connectivity index (χ3v) is 3.84. The van der Waals surface area contributed by atoms with E-state index in [2.05, 4.69) is 0 Å². The zero-order valence-corrected chi connectivity index (χ0v) is 11.9. The Morgan fingerprint density at radius 2 is 1.74 bits per heavy atom. The molecule has 4 heteroatoms. The molecule has 0 N–H and O–H groups in total. The maximum Gasteiger partial charge on any atom is 0.327 e. The summed E-state index contributed by atoms with van der Waals surface area (Å²) in [5.74, 6) is -0.158. The first-order valence-electron chi connectivity index (χ1n) is 6.59. The Hall–Kier alpha value is -1.84. The maximum atomic E-state index is 12.5. The highest BCUT2D eigenvalue weighted by molar-refractivity contribution is 6.06. The first kappa shape index (κ1) is 13.6. The monoisotopic (exact) mass is 260 g/mol. The Morgan fingerprint density at radius 3 is 2.26 bits per heavy atom. The van der Waals surface area contributed by atoms with Crippen molar-refractivity contribution in [3.8, 4) is 0 Å². The molecule has 0 spiro atoms. The summed E-state index contributed by atoms with van der Waals surface area (Å²) in [4.78, 5) is 27.5. The molecule has 3 amide bonds. The standard InChI is InChI=1S/C15H20N2O2/c1-5-10-17-14(19)16(4)13(18)15(17,3)12-8-6-11(2)7-9-12/h6-9H,5,10H2,1-4H3/t15-/m0/s1. The Morgan fingerprint density at radius 1 is 1.16 bits per heavy atom. The van der Waals surface area contributed by atoms with E-state index >= 15 is 0 Å². The molecule has 1 atom stereocenters. The van der Waals surface area contributed by atoms with Gasteiger partial charge in [0.2, 0.25) is 0 Å². The van der Waals surface area contributed by atoms with Crippen molar-refractivity contribution in [1.82, 2.24) is 9.80 Å². The van der Waals surface area contributed by atoms with Gasteiger partial charge in [-0.2, -0.15) is 0 Å². The molecule has 1 aliphatic heterocycles. The van der Waals surface area contributed by atoms with Crippen molar-refractivity contribution in [2.24, 2.45) is 0 Å². The van der Waals surface area contributed by atoms with Gasteiger partial charge in [0.25, 0.3) is 5.91 Å². The first-order valence-corrected chi connectivity index (χ1v) is 6.59. The number of imide groups is 1. The van der Waals surface area contributed by atoms with E-state index in [1.54, 1.807) is 11.9 Å². The average molecular weight is 260 g/mol. The van der Waals surface area contributed by atoms with Crippen LogP contribution in [0.15, 0.2) is 24.3 Å². The molecule has 1 aromatic rings. The van der Waals surface area contributed by atoms with Crippen molar-refractivity contribution < 1.29 is 9.59 Å². The molecule has 19 heavy (non-hydrogen) atoms. The van der Waals surface area contributed by atoms with Crippen molar-refractivity contribution in [3.05, 3.63) is 35.4 Å². The zero-order chi connectivity index (χ0) is 14.2. The summed E-state index contributed by atoms with van der Waals surface area (Å²) >= 11 is 0. The van der Waals surface area contributed by atoms with Crippen LogP contribution >= 0.6 is 0 Å². The number of hydrogen-bond donors (Lipinski definition) is 0. The smallest absolute Gasteiger partial charge is 0.306 e.